The SMILES string of the molecule is c1ccc(-c2cc(-c3ccc(-c4nc(-c5ccc6ccccc6c5)nc(-c5cccc6oc7ccccc7c56)n4)cc3)cc3oc4ccccc4c23)cc1. The van der Waals surface area contributed by atoms with Crippen molar-refractivity contribution in [1.29, 1.82) is 0 Å². The molecule has 0 aliphatic carbocycles. The fourth-order valence-corrected chi connectivity index (χ4v) is 7.72. The highest BCUT2D eigenvalue weighted by atomic mass is 16.3. The second-order valence-corrected chi connectivity index (χ2v) is 13.6. The van der Waals surface area contributed by atoms with E-state index in [9.17, 15) is 0 Å². The van der Waals surface area contributed by atoms with E-state index >= 15 is 0 Å². The Morgan fingerprint density at radius 2 is 0.870 bits per heavy atom. The lowest BCUT2D eigenvalue weighted by molar-refractivity contribution is 0.668. The zero-order valence-electron chi connectivity index (χ0n) is 28.9. The Hall–Kier alpha value is -7.37. The molecule has 0 amide bonds. The van der Waals surface area contributed by atoms with Gasteiger partial charge in [-0.25, -0.2) is 15.0 Å². The Morgan fingerprint density at radius 1 is 0.296 bits per heavy atom. The van der Waals surface area contributed by atoms with E-state index in [1.54, 1.807) is 0 Å². The first-order chi connectivity index (χ1) is 26.7. The summed E-state index contributed by atoms with van der Waals surface area (Å²) in [5.74, 6) is 1.79. The number of rotatable bonds is 5. The van der Waals surface area contributed by atoms with Gasteiger partial charge in [-0.3, -0.25) is 0 Å². The molecule has 252 valence electrons. The molecule has 0 saturated heterocycles. The predicted molar refractivity (Wildman–Crippen MR) is 219 cm³/mol. The molecule has 0 spiro atoms. The van der Waals surface area contributed by atoms with Gasteiger partial charge in [-0.2, -0.15) is 0 Å². The van der Waals surface area contributed by atoms with Crippen LogP contribution in [0.5, 0.6) is 0 Å². The van der Waals surface area contributed by atoms with Crippen LogP contribution >= 0.6 is 0 Å². The summed E-state index contributed by atoms with van der Waals surface area (Å²) in [7, 11) is 0. The molecule has 0 aliphatic heterocycles. The molecule has 0 atom stereocenters. The average molecular weight is 692 g/mol. The molecule has 0 aliphatic rings. The van der Waals surface area contributed by atoms with Gasteiger partial charge in [-0.15, -0.1) is 0 Å². The molecule has 0 unspecified atom stereocenters. The van der Waals surface area contributed by atoms with E-state index in [2.05, 4.69) is 127 Å². The van der Waals surface area contributed by atoms with Crippen LogP contribution in [0.25, 0.3) is 111 Å². The van der Waals surface area contributed by atoms with Gasteiger partial charge in [-0.05, 0) is 69.4 Å². The minimum atomic E-state index is 0.590. The summed E-state index contributed by atoms with van der Waals surface area (Å²) in [5.41, 5.74) is 10.5. The quantitative estimate of drug-likeness (QED) is 0.180. The van der Waals surface area contributed by atoms with Crippen molar-refractivity contribution in [3.63, 3.8) is 0 Å². The molecule has 5 nitrogen and oxygen atoms in total. The second kappa shape index (κ2) is 12.1. The van der Waals surface area contributed by atoms with Crippen molar-refractivity contribution < 1.29 is 8.83 Å². The smallest absolute Gasteiger partial charge is 0.164 e. The molecule has 3 heterocycles. The molecule has 0 saturated carbocycles. The summed E-state index contributed by atoms with van der Waals surface area (Å²) in [6.45, 7) is 0. The van der Waals surface area contributed by atoms with Crippen LogP contribution in [0.3, 0.4) is 0 Å². The van der Waals surface area contributed by atoms with Crippen LogP contribution < -0.4 is 0 Å². The van der Waals surface area contributed by atoms with Gasteiger partial charge >= 0.3 is 0 Å². The van der Waals surface area contributed by atoms with Gasteiger partial charge in [-0.1, -0.05) is 140 Å². The third-order valence-corrected chi connectivity index (χ3v) is 10.3. The molecule has 3 aromatic heterocycles. The van der Waals surface area contributed by atoms with Crippen molar-refractivity contribution in [1.82, 2.24) is 15.0 Å². The van der Waals surface area contributed by atoms with Gasteiger partial charge in [0, 0.05) is 38.2 Å². The lowest BCUT2D eigenvalue weighted by Crippen LogP contribution is -2.00. The van der Waals surface area contributed by atoms with Crippen molar-refractivity contribution >= 4 is 54.6 Å². The highest BCUT2D eigenvalue weighted by molar-refractivity contribution is 6.14. The van der Waals surface area contributed by atoms with Crippen LogP contribution in [0.2, 0.25) is 0 Å². The average Bonchev–Trinajstić information content (AvgIpc) is 3.82. The monoisotopic (exact) mass is 691 g/mol. The molecule has 0 bridgehead atoms. The highest BCUT2D eigenvalue weighted by Gasteiger charge is 2.19. The lowest BCUT2D eigenvalue weighted by atomic mass is 9.94. The zero-order chi connectivity index (χ0) is 35.6. The van der Waals surface area contributed by atoms with Gasteiger partial charge < -0.3 is 8.83 Å². The molecule has 11 aromatic rings. The first kappa shape index (κ1) is 30.3. The minimum Gasteiger partial charge on any atom is -0.456 e. The summed E-state index contributed by atoms with van der Waals surface area (Å²) in [6, 6.07) is 60.5. The standard InChI is InChI=1S/C49H29N3O2/c1-2-12-32(13-3-1)40-28-36(29-44-46(40)38-16-7-9-19-42(38)54-44)31-21-24-33(25-22-31)47-50-48(35-26-23-30-11-4-5-14-34(30)27-35)52-49(51-47)39-17-10-20-43-45(39)37-15-6-8-18-41(37)53-43/h1-29H. The molecule has 11 rings (SSSR count). The van der Waals surface area contributed by atoms with Crippen LogP contribution in [0, 0.1) is 0 Å². The van der Waals surface area contributed by atoms with E-state index in [1.807, 2.05) is 48.5 Å². The van der Waals surface area contributed by atoms with Gasteiger partial charge in [0.15, 0.2) is 17.5 Å². The normalized spacial score (nSPS) is 11.7. The van der Waals surface area contributed by atoms with Gasteiger partial charge in [0.05, 0.1) is 0 Å². The Morgan fingerprint density at radius 3 is 1.65 bits per heavy atom. The molecule has 5 heteroatoms. The van der Waals surface area contributed by atoms with Crippen molar-refractivity contribution in [2.45, 2.75) is 0 Å². The number of para-hydroxylation sites is 2. The zero-order valence-corrected chi connectivity index (χ0v) is 28.9. The van der Waals surface area contributed by atoms with Crippen molar-refractivity contribution in [2.24, 2.45) is 0 Å². The van der Waals surface area contributed by atoms with Crippen LogP contribution in [-0.2, 0) is 0 Å². The fraction of sp³-hybridized carbons (Fsp3) is 0. The van der Waals surface area contributed by atoms with E-state index in [1.165, 1.54) is 0 Å². The number of hydrogen-bond donors (Lipinski definition) is 0. The van der Waals surface area contributed by atoms with E-state index < -0.39 is 0 Å². The third-order valence-electron chi connectivity index (χ3n) is 10.3. The Kier molecular flexibility index (Phi) is 6.79. The van der Waals surface area contributed by atoms with E-state index in [0.29, 0.717) is 17.5 Å². The number of furan rings is 2. The maximum atomic E-state index is 6.42. The molecule has 0 N–H and O–H groups in total. The third kappa shape index (κ3) is 4.98. The van der Waals surface area contributed by atoms with Gasteiger partial charge in [0.2, 0.25) is 0 Å². The molecular formula is C49H29N3O2. The van der Waals surface area contributed by atoms with Gasteiger partial charge in [0.25, 0.3) is 0 Å². The summed E-state index contributed by atoms with van der Waals surface area (Å²) in [5, 5.41) is 6.54. The maximum absolute atomic E-state index is 6.42. The second-order valence-electron chi connectivity index (χ2n) is 13.6. The Labute approximate surface area is 309 Å². The highest BCUT2D eigenvalue weighted by Crippen LogP contribution is 2.41. The minimum absolute atomic E-state index is 0.590. The molecule has 8 aromatic carbocycles. The number of benzene rings is 8. The largest absolute Gasteiger partial charge is 0.456 e. The lowest BCUT2D eigenvalue weighted by Gasteiger charge is -2.11. The van der Waals surface area contributed by atoms with Gasteiger partial charge in [0.1, 0.15) is 22.3 Å². The number of aromatic nitrogens is 3. The number of fused-ring (bicyclic) bond motifs is 7. The Balaban J connectivity index is 1.07. The van der Waals surface area contributed by atoms with Crippen molar-refractivity contribution in [3.05, 3.63) is 176 Å². The molecule has 54 heavy (non-hydrogen) atoms. The first-order valence-electron chi connectivity index (χ1n) is 18.0. The van der Waals surface area contributed by atoms with E-state index in [-0.39, 0.29) is 0 Å². The van der Waals surface area contributed by atoms with Crippen LogP contribution in [0.15, 0.2) is 185 Å². The van der Waals surface area contributed by atoms with Crippen molar-refractivity contribution in [2.75, 3.05) is 0 Å². The first-order valence-corrected chi connectivity index (χ1v) is 18.0. The van der Waals surface area contributed by atoms with Crippen LogP contribution in [0.1, 0.15) is 0 Å². The van der Waals surface area contributed by atoms with E-state index in [0.717, 1.165) is 93.6 Å². The summed E-state index contributed by atoms with van der Waals surface area (Å²) >= 11 is 0. The Bertz CT molecular complexity index is 3210. The molecule has 0 radical (unpaired) electrons. The number of hydrogen-bond acceptors (Lipinski definition) is 5. The summed E-state index contributed by atoms with van der Waals surface area (Å²) < 4.78 is 12.7. The van der Waals surface area contributed by atoms with E-state index in [4.69, 9.17) is 23.8 Å². The summed E-state index contributed by atoms with van der Waals surface area (Å²) in [6.07, 6.45) is 0. The van der Waals surface area contributed by atoms with Crippen molar-refractivity contribution in [3.8, 4) is 56.4 Å². The van der Waals surface area contributed by atoms with Crippen LogP contribution in [0.4, 0.5) is 0 Å². The summed E-state index contributed by atoms with van der Waals surface area (Å²) in [4.78, 5) is 15.4. The maximum Gasteiger partial charge on any atom is 0.164 e. The van der Waals surface area contributed by atoms with Crippen LogP contribution in [-0.4, -0.2) is 15.0 Å². The number of nitrogens with zero attached hydrogens (tertiary/aromatic N) is 3. The molecule has 0 fully saturated rings. The predicted octanol–water partition coefficient (Wildman–Crippen LogP) is 13.2. The molecular weight excluding hydrogens is 663 g/mol. The topological polar surface area (TPSA) is 65.0 Å². The fourth-order valence-electron chi connectivity index (χ4n) is 7.72.